The molecule has 0 unspecified atom stereocenters. The van der Waals surface area contributed by atoms with E-state index in [1.54, 1.807) is 0 Å². The number of aromatic nitrogens is 1. The normalized spacial score (nSPS) is 10.5. The summed E-state index contributed by atoms with van der Waals surface area (Å²) in [6.45, 7) is 2.38. The summed E-state index contributed by atoms with van der Waals surface area (Å²) in [5.41, 5.74) is 8.39. The maximum absolute atomic E-state index is 9.06. The van der Waals surface area contributed by atoms with Gasteiger partial charge in [-0.05, 0) is 31.0 Å². The highest BCUT2D eigenvalue weighted by Gasteiger charge is 2.09. The topological polar surface area (TPSA) is 68.4 Å². The molecule has 0 aliphatic rings. The molecule has 4 heteroatoms. The van der Waals surface area contributed by atoms with Crippen molar-refractivity contribution in [1.29, 1.82) is 0 Å². The maximum atomic E-state index is 9.06. The number of ether oxygens (including phenoxy) is 1. The summed E-state index contributed by atoms with van der Waals surface area (Å²) < 4.78 is 5.86. The first-order valence-electron chi connectivity index (χ1n) is 6.28. The fourth-order valence-corrected chi connectivity index (χ4v) is 1.84. The van der Waals surface area contributed by atoms with E-state index in [1.807, 2.05) is 43.3 Å². The van der Waals surface area contributed by atoms with Gasteiger partial charge in [0.15, 0.2) is 0 Å². The number of benzene rings is 1. The quantitative estimate of drug-likeness (QED) is 0.862. The van der Waals surface area contributed by atoms with E-state index in [1.165, 1.54) is 0 Å². The molecule has 0 amide bonds. The Morgan fingerprint density at radius 1 is 1.16 bits per heavy atom. The van der Waals surface area contributed by atoms with E-state index in [4.69, 9.17) is 15.6 Å². The van der Waals surface area contributed by atoms with Crippen molar-refractivity contribution in [2.45, 2.75) is 19.9 Å². The lowest BCUT2D eigenvalue weighted by Crippen LogP contribution is -2.03. The van der Waals surface area contributed by atoms with Crippen LogP contribution in [0.25, 0.3) is 0 Å². The van der Waals surface area contributed by atoms with Gasteiger partial charge in [0.2, 0.25) is 5.88 Å². The van der Waals surface area contributed by atoms with Crippen molar-refractivity contribution < 1.29 is 9.84 Å². The number of hydrogen-bond donors (Lipinski definition) is 2. The molecule has 0 fully saturated rings. The third-order valence-corrected chi connectivity index (χ3v) is 2.86. The SMILES string of the molecule is Cc1ccc(CN)c(Oc2ccccc2CCO)n1. The van der Waals surface area contributed by atoms with Crippen molar-refractivity contribution in [3.8, 4) is 11.6 Å². The molecule has 2 rings (SSSR count). The molecular weight excluding hydrogens is 240 g/mol. The molecule has 1 heterocycles. The molecule has 0 saturated carbocycles. The minimum Gasteiger partial charge on any atom is -0.438 e. The smallest absolute Gasteiger partial charge is 0.223 e. The number of pyridine rings is 1. The van der Waals surface area contributed by atoms with Gasteiger partial charge in [0.1, 0.15) is 5.75 Å². The van der Waals surface area contributed by atoms with Crippen LogP contribution < -0.4 is 10.5 Å². The first-order valence-corrected chi connectivity index (χ1v) is 6.28. The predicted octanol–water partition coefficient (Wildman–Crippen LogP) is 2.18. The highest BCUT2D eigenvalue weighted by Crippen LogP contribution is 2.27. The van der Waals surface area contributed by atoms with E-state index in [9.17, 15) is 0 Å². The Kier molecular flexibility index (Phi) is 4.49. The van der Waals surface area contributed by atoms with Crippen molar-refractivity contribution in [2.24, 2.45) is 5.73 Å². The monoisotopic (exact) mass is 258 g/mol. The Balaban J connectivity index is 2.33. The summed E-state index contributed by atoms with van der Waals surface area (Å²) in [5, 5.41) is 9.06. The van der Waals surface area contributed by atoms with Crippen molar-refractivity contribution in [1.82, 2.24) is 4.98 Å². The molecule has 0 radical (unpaired) electrons. The van der Waals surface area contributed by atoms with Gasteiger partial charge in [0.05, 0.1) is 0 Å². The van der Waals surface area contributed by atoms with E-state index >= 15 is 0 Å². The number of nitrogens with zero attached hydrogens (tertiary/aromatic N) is 1. The van der Waals surface area contributed by atoms with Gasteiger partial charge in [-0.25, -0.2) is 4.98 Å². The first-order chi connectivity index (χ1) is 9.24. The predicted molar refractivity (Wildman–Crippen MR) is 74.2 cm³/mol. The minimum atomic E-state index is 0.0887. The van der Waals surface area contributed by atoms with Crippen LogP contribution in [0.15, 0.2) is 36.4 Å². The van der Waals surface area contributed by atoms with Crippen LogP contribution in [-0.2, 0) is 13.0 Å². The molecule has 4 nitrogen and oxygen atoms in total. The molecule has 19 heavy (non-hydrogen) atoms. The van der Waals surface area contributed by atoms with Crippen LogP contribution in [-0.4, -0.2) is 16.7 Å². The molecule has 100 valence electrons. The van der Waals surface area contributed by atoms with Crippen molar-refractivity contribution in [3.05, 3.63) is 53.2 Å². The number of aryl methyl sites for hydroxylation is 1. The molecule has 1 aromatic carbocycles. The molecule has 0 aliphatic heterocycles. The molecule has 3 N–H and O–H groups in total. The Labute approximate surface area is 112 Å². The largest absolute Gasteiger partial charge is 0.438 e. The van der Waals surface area contributed by atoms with E-state index in [-0.39, 0.29) is 6.61 Å². The highest BCUT2D eigenvalue weighted by molar-refractivity contribution is 5.38. The summed E-state index contributed by atoms with van der Waals surface area (Å²) in [6, 6.07) is 11.5. The second-order valence-electron chi connectivity index (χ2n) is 4.30. The van der Waals surface area contributed by atoms with Crippen LogP contribution in [0.5, 0.6) is 11.6 Å². The summed E-state index contributed by atoms with van der Waals surface area (Å²) in [5.74, 6) is 1.25. The van der Waals surface area contributed by atoms with Crippen molar-refractivity contribution in [3.63, 3.8) is 0 Å². The van der Waals surface area contributed by atoms with Crippen molar-refractivity contribution >= 4 is 0 Å². The molecule has 1 aromatic heterocycles. The Morgan fingerprint density at radius 2 is 1.95 bits per heavy atom. The zero-order valence-electron chi connectivity index (χ0n) is 11.0. The molecule has 0 atom stereocenters. The van der Waals surface area contributed by atoms with Gasteiger partial charge >= 0.3 is 0 Å². The van der Waals surface area contributed by atoms with Crippen LogP contribution in [0.4, 0.5) is 0 Å². The van der Waals surface area contributed by atoms with Crippen molar-refractivity contribution in [2.75, 3.05) is 6.61 Å². The standard InChI is InChI=1S/C15H18N2O2/c1-11-6-7-13(10-16)15(17-11)19-14-5-3-2-4-12(14)8-9-18/h2-7,18H,8-10,16H2,1H3. The van der Waals surface area contributed by atoms with Gasteiger partial charge in [-0.1, -0.05) is 24.3 Å². The first kappa shape index (κ1) is 13.5. The number of rotatable bonds is 5. The van der Waals surface area contributed by atoms with Crippen LogP contribution in [0, 0.1) is 6.92 Å². The highest BCUT2D eigenvalue weighted by atomic mass is 16.5. The number of nitrogens with two attached hydrogens (primary N) is 1. The van der Waals surface area contributed by atoms with Gasteiger partial charge < -0.3 is 15.6 Å². The number of aliphatic hydroxyl groups excluding tert-OH is 1. The number of aliphatic hydroxyl groups is 1. The van der Waals surface area contributed by atoms with Gasteiger partial charge in [-0.3, -0.25) is 0 Å². The fraction of sp³-hybridized carbons (Fsp3) is 0.267. The third-order valence-electron chi connectivity index (χ3n) is 2.86. The lowest BCUT2D eigenvalue weighted by atomic mass is 10.1. The summed E-state index contributed by atoms with van der Waals surface area (Å²) in [7, 11) is 0. The van der Waals surface area contributed by atoms with E-state index < -0.39 is 0 Å². The van der Waals surface area contributed by atoms with Crippen LogP contribution >= 0.6 is 0 Å². The van der Waals surface area contributed by atoms with E-state index in [0.717, 1.165) is 16.8 Å². The summed E-state index contributed by atoms with van der Waals surface area (Å²) in [4.78, 5) is 4.38. The second-order valence-corrected chi connectivity index (χ2v) is 4.30. The zero-order valence-corrected chi connectivity index (χ0v) is 11.0. The molecular formula is C15H18N2O2. The average Bonchev–Trinajstić information content (AvgIpc) is 2.42. The van der Waals surface area contributed by atoms with Crippen LogP contribution in [0.2, 0.25) is 0 Å². The van der Waals surface area contributed by atoms with Crippen LogP contribution in [0.3, 0.4) is 0 Å². The lowest BCUT2D eigenvalue weighted by molar-refractivity contribution is 0.297. The van der Waals surface area contributed by atoms with Crippen LogP contribution in [0.1, 0.15) is 16.8 Å². The Hall–Kier alpha value is -1.91. The molecule has 0 spiro atoms. The molecule has 0 aliphatic carbocycles. The number of para-hydroxylation sites is 1. The van der Waals surface area contributed by atoms with Gasteiger partial charge in [0.25, 0.3) is 0 Å². The van der Waals surface area contributed by atoms with E-state index in [0.29, 0.717) is 24.6 Å². The summed E-state index contributed by atoms with van der Waals surface area (Å²) in [6.07, 6.45) is 0.556. The Bertz CT molecular complexity index is 556. The fourth-order valence-electron chi connectivity index (χ4n) is 1.84. The van der Waals surface area contributed by atoms with Gasteiger partial charge in [-0.15, -0.1) is 0 Å². The van der Waals surface area contributed by atoms with Gasteiger partial charge in [0, 0.05) is 24.4 Å². The third kappa shape index (κ3) is 3.30. The zero-order chi connectivity index (χ0) is 13.7. The average molecular weight is 258 g/mol. The van der Waals surface area contributed by atoms with Gasteiger partial charge in [-0.2, -0.15) is 0 Å². The number of hydrogen-bond acceptors (Lipinski definition) is 4. The molecule has 0 bridgehead atoms. The molecule has 2 aromatic rings. The lowest BCUT2D eigenvalue weighted by Gasteiger charge is -2.12. The summed E-state index contributed by atoms with van der Waals surface area (Å²) >= 11 is 0. The minimum absolute atomic E-state index is 0.0887. The molecule has 0 saturated heterocycles. The maximum Gasteiger partial charge on any atom is 0.223 e. The second kappa shape index (κ2) is 6.31. The Morgan fingerprint density at radius 3 is 2.68 bits per heavy atom. The van der Waals surface area contributed by atoms with E-state index in [2.05, 4.69) is 4.98 Å².